The second-order valence-corrected chi connectivity index (χ2v) is 4.52. The molecule has 1 saturated carbocycles. The van der Waals surface area contributed by atoms with Crippen molar-refractivity contribution in [2.75, 3.05) is 5.32 Å². The van der Waals surface area contributed by atoms with Gasteiger partial charge in [0.2, 0.25) is 0 Å². The van der Waals surface area contributed by atoms with Gasteiger partial charge in [-0.05, 0) is 37.3 Å². The van der Waals surface area contributed by atoms with Crippen molar-refractivity contribution >= 4 is 17.3 Å². The molecule has 0 amide bonds. The van der Waals surface area contributed by atoms with Crippen LogP contribution in [0.5, 0.6) is 0 Å². The Morgan fingerprint density at radius 3 is 2.86 bits per heavy atom. The summed E-state index contributed by atoms with van der Waals surface area (Å²) in [5.41, 5.74) is 1.08. The SMILES string of the molecule is C[C@H]1CC[C@@H](Nc2ccc(Cl)nc2)C1. The van der Waals surface area contributed by atoms with Crippen LogP contribution in [0.25, 0.3) is 0 Å². The van der Waals surface area contributed by atoms with Gasteiger partial charge in [0.15, 0.2) is 0 Å². The molecule has 1 N–H and O–H groups in total. The summed E-state index contributed by atoms with van der Waals surface area (Å²) in [6, 6.07) is 4.42. The predicted octanol–water partition coefficient (Wildman–Crippen LogP) is 3.34. The maximum Gasteiger partial charge on any atom is 0.129 e. The molecule has 2 rings (SSSR count). The van der Waals surface area contributed by atoms with E-state index in [1.165, 1.54) is 19.3 Å². The first-order valence-corrected chi connectivity index (χ1v) is 5.50. The Balaban J connectivity index is 1.94. The van der Waals surface area contributed by atoms with Crippen LogP contribution in [0.3, 0.4) is 0 Å². The van der Waals surface area contributed by atoms with Gasteiger partial charge in [-0.1, -0.05) is 18.5 Å². The number of hydrogen-bond donors (Lipinski definition) is 1. The third kappa shape index (κ3) is 2.38. The second-order valence-electron chi connectivity index (χ2n) is 4.13. The minimum absolute atomic E-state index is 0.551. The molecular formula is C11H15ClN2. The molecule has 0 spiro atoms. The molecule has 1 aromatic heterocycles. The van der Waals surface area contributed by atoms with Crippen LogP contribution < -0.4 is 5.32 Å². The molecule has 0 bridgehead atoms. The van der Waals surface area contributed by atoms with Gasteiger partial charge in [0.1, 0.15) is 5.15 Å². The minimum Gasteiger partial charge on any atom is -0.381 e. The van der Waals surface area contributed by atoms with Gasteiger partial charge in [-0.25, -0.2) is 4.98 Å². The number of pyridine rings is 1. The van der Waals surface area contributed by atoms with Crippen molar-refractivity contribution in [3.05, 3.63) is 23.5 Å². The van der Waals surface area contributed by atoms with Gasteiger partial charge >= 0.3 is 0 Å². The minimum atomic E-state index is 0.551. The Hall–Kier alpha value is -0.760. The van der Waals surface area contributed by atoms with Gasteiger partial charge < -0.3 is 5.32 Å². The topological polar surface area (TPSA) is 24.9 Å². The molecule has 0 radical (unpaired) electrons. The molecule has 2 atom stereocenters. The van der Waals surface area contributed by atoms with Crippen molar-refractivity contribution in [2.24, 2.45) is 5.92 Å². The average Bonchev–Trinajstić information content (AvgIpc) is 2.56. The molecule has 14 heavy (non-hydrogen) atoms. The zero-order chi connectivity index (χ0) is 9.97. The van der Waals surface area contributed by atoms with Crippen molar-refractivity contribution in [1.82, 2.24) is 4.98 Å². The van der Waals surface area contributed by atoms with E-state index in [-0.39, 0.29) is 0 Å². The Kier molecular flexibility index (Phi) is 2.92. The van der Waals surface area contributed by atoms with Crippen LogP contribution in [0, 0.1) is 5.92 Å². The molecule has 0 aliphatic heterocycles. The zero-order valence-electron chi connectivity index (χ0n) is 8.33. The lowest BCUT2D eigenvalue weighted by atomic mass is 10.1. The summed E-state index contributed by atoms with van der Waals surface area (Å²) < 4.78 is 0. The van der Waals surface area contributed by atoms with E-state index in [4.69, 9.17) is 11.6 Å². The zero-order valence-corrected chi connectivity index (χ0v) is 9.09. The van der Waals surface area contributed by atoms with Gasteiger partial charge in [-0.15, -0.1) is 0 Å². The summed E-state index contributed by atoms with van der Waals surface area (Å²) in [7, 11) is 0. The highest BCUT2D eigenvalue weighted by Gasteiger charge is 2.20. The number of aromatic nitrogens is 1. The highest BCUT2D eigenvalue weighted by Crippen LogP contribution is 2.27. The van der Waals surface area contributed by atoms with Crippen LogP contribution in [-0.4, -0.2) is 11.0 Å². The summed E-state index contributed by atoms with van der Waals surface area (Å²) in [5, 5.41) is 4.03. The lowest BCUT2D eigenvalue weighted by Crippen LogP contribution is -2.15. The predicted molar refractivity (Wildman–Crippen MR) is 59.7 cm³/mol. The highest BCUT2D eigenvalue weighted by molar-refractivity contribution is 6.29. The summed E-state index contributed by atoms with van der Waals surface area (Å²) >= 11 is 5.71. The molecule has 0 unspecified atom stereocenters. The number of anilines is 1. The van der Waals surface area contributed by atoms with Crippen LogP contribution in [0.2, 0.25) is 5.15 Å². The molecule has 1 fully saturated rings. The van der Waals surface area contributed by atoms with E-state index in [1.54, 1.807) is 6.20 Å². The Labute approximate surface area is 89.7 Å². The summed E-state index contributed by atoms with van der Waals surface area (Å²) in [6.45, 7) is 2.31. The van der Waals surface area contributed by atoms with Crippen molar-refractivity contribution in [3.8, 4) is 0 Å². The molecule has 1 aliphatic rings. The fraction of sp³-hybridized carbons (Fsp3) is 0.545. The van der Waals surface area contributed by atoms with E-state index in [9.17, 15) is 0 Å². The third-order valence-electron chi connectivity index (χ3n) is 2.79. The van der Waals surface area contributed by atoms with Crippen molar-refractivity contribution in [2.45, 2.75) is 32.2 Å². The van der Waals surface area contributed by atoms with Gasteiger partial charge in [0, 0.05) is 6.04 Å². The molecule has 1 aromatic rings. The van der Waals surface area contributed by atoms with Crippen LogP contribution in [0.4, 0.5) is 5.69 Å². The number of halogens is 1. The number of rotatable bonds is 2. The van der Waals surface area contributed by atoms with Gasteiger partial charge in [-0.2, -0.15) is 0 Å². The first kappa shape index (κ1) is 9.78. The summed E-state index contributed by atoms with van der Waals surface area (Å²) in [4.78, 5) is 4.04. The molecule has 76 valence electrons. The average molecular weight is 211 g/mol. The van der Waals surface area contributed by atoms with Crippen LogP contribution in [-0.2, 0) is 0 Å². The highest BCUT2D eigenvalue weighted by atomic mass is 35.5. The van der Waals surface area contributed by atoms with E-state index in [1.807, 2.05) is 12.1 Å². The maximum atomic E-state index is 5.71. The van der Waals surface area contributed by atoms with E-state index in [0.717, 1.165) is 11.6 Å². The molecule has 2 nitrogen and oxygen atoms in total. The maximum absolute atomic E-state index is 5.71. The third-order valence-corrected chi connectivity index (χ3v) is 3.02. The Morgan fingerprint density at radius 1 is 1.43 bits per heavy atom. The van der Waals surface area contributed by atoms with E-state index in [2.05, 4.69) is 17.2 Å². The van der Waals surface area contributed by atoms with Gasteiger partial charge in [0.25, 0.3) is 0 Å². The smallest absolute Gasteiger partial charge is 0.129 e. The number of hydrogen-bond acceptors (Lipinski definition) is 2. The molecule has 0 saturated heterocycles. The lowest BCUT2D eigenvalue weighted by Gasteiger charge is -2.13. The van der Waals surface area contributed by atoms with Crippen molar-refractivity contribution < 1.29 is 0 Å². The van der Waals surface area contributed by atoms with Gasteiger partial charge in [0.05, 0.1) is 11.9 Å². The van der Waals surface area contributed by atoms with E-state index < -0.39 is 0 Å². The summed E-state index contributed by atoms with van der Waals surface area (Å²) in [5.74, 6) is 0.854. The normalized spacial score (nSPS) is 26.4. The first-order chi connectivity index (χ1) is 6.74. The van der Waals surface area contributed by atoms with Crippen LogP contribution in [0.15, 0.2) is 18.3 Å². The quantitative estimate of drug-likeness (QED) is 0.758. The molecular weight excluding hydrogens is 196 g/mol. The van der Waals surface area contributed by atoms with E-state index in [0.29, 0.717) is 11.2 Å². The molecule has 1 aliphatic carbocycles. The monoisotopic (exact) mass is 210 g/mol. The van der Waals surface area contributed by atoms with Crippen molar-refractivity contribution in [3.63, 3.8) is 0 Å². The fourth-order valence-electron chi connectivity index (χ4n) is 2.04. The van der Waals surface area contributed by atoms with Crippen molar-refractivity contribution in [1.29, 1.82) is 0 Å². The van der Waals surface area contributed by atoms with Gasteiger partial charge in [-0.3, -0.25) is 0 Å². The lowest BCUT2D eigenvalue weighted by molar-refractivity contribution is 0.602. The Bertz CT molecular complexity index is 297. The van der Waals surface area contributed by atoms with Crippen LogP contribution >= 0.6 is 11.6 Å². The van der Waals surface area contributed by atoms with E-state index >= 15 is 0 Å². The fourth-order valence-corrected chi connectivity index (χ4v) is 2.15. The number of nitrogens with one attached hydrogen (secondary N) is 1. The molecule has 1 heterocycles. The number of nitrogens with zero attached hydrogens (tertiary/aromatic N) is 1. The molecule has 0 aromatic carbocycles. The molecule has 3 heteroatoms. The summed E-state index contributed by atoms with van der Waals surface area (Å²) in [6.07, 6.45) is 5.66. The Morgan fingerprint density at radius 2 is 2.29 bits per heavy atom. The van der Waals surface area contributed by atoms with Crippen LogP contribution in [0.1, 0.15) is 26.2 Å². The largest absolute Gasteiger partial charge is 0.381 e. The standard InChI is InChI=1S/C11H15ClN2/c1-8-2-3-9(6-8)14-10-4-5-11(12)13-7-10/h4-5,7-9,14H,2-3,6H2,1H3/t8-,9+/m0/s1. The second kappa shape index (κ2) is 4.18. The first-order valence-electron chi connectivity index (χ1n) is 5.12.